The van der Waals surface area contributed by atoms with E-state index in [9.17, 15) is 30.3 Å². The van der Waals surface area contributed by atoms with Gasteiger partial charge in [0, 0.05) is 49.5 Å². The summed E-state index contributed by atoms with van der Waals surface area (Å²) >= 11 is 0. The first-order chi connectivity index (χ1) is 23.5. The maximum atomic E-state index is 13.4. The fourth-order valence-corrected chi connectivity index (χ4v) is 7.16. The van der Waals surface area contributed by atoms with Crippen molar-refractivity contribution in [1.29, 1.82) is 0 Å². The lowest BCUT2D eigenvalue weighted by molar-refractivity contribution is -0.289. The number of rotatable bonds is 12. The number of carbonyl (C=O) groups excluding carboxylic acids is 1. The zero-order valence-corrected chi connectivity index (χ0v) is 31.1. The van der Waals surface area contributed by atoms with Gasteiger partial charge in [0.2, 0.25) is 0 Å². The van der Waals surface area contributed by atoms with E-state index in [1.54, 1.807) is 40.2 Å². The van der Waals surface area contributed by atoms with Crippen molar-refractivity contribution in [2.24, 2.45) is 28.8 Å². The van der Waals surface area contributed by atoms with Gasteiger partial charge in [-0.15, -0.1) is 0 Å². The van der Waals surface area contributed by atoms with Gasteiger partial charge in [0.15, 0.2) is 6.29 Å². The first kappa shape index (κ1) is 42.3. The molecule has 0 spiro atoms. The van der Waals surface area contributed by atoms with Gasteiger partial charge in [0.1, 0.15) is 24.4 Å². The Hall–Kier alpha value is -2.14. The SMILES string of the molecule is CC[C@H]1OC(=O)[C@H](C)[C@@H](O)[C@H](C)[C@@H](O[C@@H]2O[C@H](C)CC[C@H]2O)C(C)(O)C[C@@H](C)C(=NOCCNCCNCc2ccoc2)[C@H](C)[C@@H](O)[C@]1(C)O. The molecule has 7 N–H and O–H groups in total. The second-order valence-electron chi connectivity index (χ2n) is 14.8. The number of esters is 1. The topological polar surface area (TPSA) is 205 Å². The molecule has 0 amide bonds. The number of furan rings is 1. The van der Waals surface area contributed by atoms with Crippen LogP contribution >= 0.6 is 0 Å². The van der Waals surface area contributed by atoms with Gasteiger partial charge >= 0.3 is 5.97 Å². The molecule has 0 saturated carbocycles. The largest absolute Gasteiger partial charge is 0.472 e. The van der Waals surface area contributed by atoms with Crippen molar-refractivity contribution in [1.82, 2.24) is 10.6 Å². The second kappa shape index (κ2) is 19.1. The van der Waals surface area contributed by atoms with Crippen LogP contribution in [0, 0.1) is 23.7 Å². The quantitative estimate of drug-likeness (QED) is 0.0943. The molecule has 2 aliphatic heterocycles. The van der Waals surface area contributed by atoms with Gasteiger partial charge < -0.3 is 59.6 Å². The molecule has 0 radical (unpaired) electrons. The van der Waals surface area contributed by atoms with Crippen LogP contribution < -0.4 is 10.6 Å². The van der Waals surface area contributed by atoms with Gasteiger partial charge in [0.05, 0.1) is 54.2 Å². The molecular weight excluding hydrogens is 650 g/mol. The molecule has 3 rings (SSSR count). The number of carbonyl (C=O) groups is 1. The Kier molecular flexibility index (Phi) is 16.1. The van der Waals surface area contributed by atoms with Crippen LogP contribution in [-0.4, -0.2) is 118 Å². The Bertz CT molecular complexity index is 1180. The highest BCUT2D eigenvalue weighted by Crippen LogP contribution is 2.37. The minimum absolute atomic E-state index is 0.0328. The molecule has 288 valence electrons. The number of aliphatic hydroxyl groups is 5. The minimum Gasteiger partial charge on any atom is -0.472 e. The van der Waals surface area contributed by atoms with Crippen LogP contribution in [-0.2, 0) is 30.4 Å². The molecule has 2 saturated heterocycles. The molecule has 2 aliphatic rings. The Morgan fingerprint density at radius 2 is 1.70 bits per heavy atom. The molecule has 14 nitrogen and oxygen atoms in total. The molecule has 13 atom stereocenters. The van der Waals surface area contributed by atoms with E-state index in [2.05, 4.69) is 15.8 Å². The van der Waals surface area contributed by atoms with Gasteiger partial charge in [-0.1, -0.05) is 32.9 Å². The summed E-state index contributed by atoms with van der Waals surface area (Å²) in [5.41, 5.74) is -2.12. The average molecular weight is 714 g/mol. The monoisotopic (exact) mass is 713 g/mol. The highest BCUT2D eigenvalue weighted by atomic mass is 16.7. The number of oxime groups is 1. The number of nitrogens with one attached hydrogen (secondary N) is 2. The summed E-state index contributed by atoms with van der Waals surface area (Å²) in [4.78, 5) is 19.1. The molecule has 50 heavy (non-hydrogen) atoms. The van der Waals surface area contributed by atoms with Crippen LogP contribution in [0.25, 0.3) is 0 Å². The molecule has 1 unspecified atom stereocenters. The van der Waals surface area contributed by atoms with Gasteiger partial charge in [-0.25, -0.2) is 0 Å². The van der Waals surface area contributed by atoms with Crippen molar-refractivity contribution in [3.8, 4) is 0 Å². The zero-order valence-electron chi connectivity index (χ0n) is 31.1. The third kappa shape index (κ3) is 11.2. The molecule has 1 aromatic rings. The Morgan fingerprint density at radius 1 is 1.00 bits per heavy atom. The van der Waals surface area contributed by atoms with E-state index in [0.29, 0.717) is 38.2 Å². The standard InChI is InChI=1S/C36H63N3O11/c1-9-28-36(8,45)31(42)23(4)29(39-47-17-15-37-13-14-38-19-26-12-16-46-20-26)21(2)18-35(7,44)32(24(5)30(41)25(6)33(43)49-28)50-34-27(40)11-10-22(3)48-34/h12,16,20-25,27-28,30-32,34,37-38,40-42,44-45H,9-11,13-15,17-19H2,1-8H3/t21-,22-,23+,24+,25-,27-,28-,30+,31-,32-,34+,35?,36-/m1/s1. The first-order valence-electron chi connectivity index (χ1n) is 18.1. The van der Waals surface area contributed by atoms with E-state index in [0.717, 1.165) is 12.1 Å². The highest BCUT2D eigenvalue weighted by molar-refractivity contribution is 5.88. The van der Waals surface area contributed by atoms with Crippen LogP contribution in [0.2, 0.25) is 0 Å². The number of cyclic esters (lactones) is 1. The molecule has 0 aromatic carbocycles. The van der Waals surface area contributed by atoms with E-state index in [4.69, 9.17) is 23.5 Å². The van der Waals surface area contributed by atoms with E-state index in [-0.39, 0.29) is 25.6 Å². The molecule has 0 aliphatic carbocycles. The van der Waals surface area contributed by atoms with Crippen LogP contribution in [0.4, 0.5) is 0 Å². The lowest BCUT2D eigenvalue weighted by Gasteiger charge is -2.45. The summed E-state index contributed by atoms with van der Waals surface area (Å²) in [5, 5.41) is 68.7. The smallest absolute Gasteiger partial charge is 0.311 e. The number of nitrogens with zero attached hydrogens (tertiary/aromatic N) is 1. The van der Waals surface area contributed by atoms with Crippen LogP contribution in [0.15, 0.2) is 28.2 Å². The molecule has 14 heteroatoms. The van der Waals surface area contributed by atoms with E-state index < -0.39 is 77.7 Å². The normalized spacial score (nSPS) is 40.3. The van der Waals surface area contributed by atoms with Gasteiger partial charge in [-0.2, -0.15) is 0 Å². The lowest BCUT2D eigenvalue weighted by atomic mass is 9.73. The maximum absolute atomic E-state index is 13.4. The second-order valence-corrected chi connectivity index (χ2v) is 14.8. The van der Waals surface area contributed by atoms with Crippen molar-refractivity contribution in [2.75, 3.05) is 26.2 Å². The highest BCUT2D eigenvalue weighted by Gasteiger charge is 2.50. The number of aliphatic hydroxyl groups excluding tert-OH is 3. The average Bonchev–Trinajstić information content (AvgIpc) is 3.59. The first-order valence-corrected chi connectivity index (χ1v) is 18.1. The number of hydrogen-bond acceptors (Lipinski definition) is 14. The van der Waals surface area contributed by atoms with Gasteiger partial charge in [-0.05, 0) is 59.4 Å². The molecule has 0 bridgehead atoms. The number of hydrogen-bond donors (Lipinski definition) is 7. The fourth-order valence-electron chi connectivity index (χ4n) is 7.16. The Balaban J connectivity index is 1.86. The summed E-state index contributed by atoms with van der Waals surface area (Å²) < 4.78 is 23.1. The van der Waals surface area contributed by atoms with Crippen LogP contribution in [0.3, 0.4) is 0 Å². The summed E-state index contributed by atoms with van der Waals surface area (Å²) in [6, 6.07) is 1.90. The summed E-state index contributed by atoms with van der Waals surface area (Å²) in [7, 11) is 0. The summed E-state index contributed by atoms with van der Waals surface area (Å²) in [5.74, 6) is -4.01. The third-order valence-corrected chi connectivity index (χ3v) is 10.3. The zero-order chi connectivity index (χ0) is 37.2. The van der Waals surface area contributed by atoms with Gasteiger partial charge in [0.25, 0.3) is 0 Å². The molecule has 1 aromatic heterocycles. The molecule has 3 heterocycles. The predicted molar refractivity (Wildman–Crippen MR) is 186 cm³/mol. The van der Waals surface area contributed by atoms with Crippen molar-refractivity contribution >= 4 is 11.7 Å². The number of ether oxygens (including phenoxy) is 3. The van der Waals surface area contributed by atoms with Crippen molar-refractivity contribution in [3.05, 3.63) is 24.2 Å². The van der Waals surface area contributed by atoms with E-state index in [1.807, 2.05) is 19.9 Å². The Labute approximate surface area is 296 Å². The van der Waals surface area contributed by atoms with Crippen molar-refractivity contribution in [3.63, 3.8) is 0 Å². The lowest BCUT2D eigenvalue weighted by Crippen LogP contribution is -2.58. The van der Waals surface area contributed by atoms with E-state index in [1.165, 1.54) is 13.8 Å². The van der Waals surface area contributed by atoms with Crippen molar-refractivity contribution < 1.29 is 53.8 Å². The van der Waals surface area contributed by atoms with Crippen molar-refractivity contribution in [2.45, 2.75) is 142 Å². The maximum Gasteiger partial charge on any atom is 0.311 e. The molecule has 2 fully saturated rings. The fraction of sp³-hybridized carbons (Fsp3) is 0.833. The van der Waals surface area contributed by atoms with Crippen LogP contribution in [0.5, 0.6) is 0 Å². The molecular formula is C36H63N3O11. The summed E-state index contributed by atoms with van der Waals surface area (Å²) in [6.45, 7) is 16.1. The van der Waals surface area contributed by atoms with Crippen LogP contribution in [0.1, 0.15) is 86.6 Å². The predicted octanol–water partition coefficient (Wildman–Crippen LogP) is 2.10. The van der Waals surface area contributed by atoms with E-state index >= 15 is 0 Å². The Morgan fingerprint density at radius 3 is 2.36 bits per heavy atom. The summed E-state index contributed by atoms with van der Waals surface area (Å²) in [6.07, 6.45) is -2.58. The minimum atomic E-state index is -1.89. The van der Waals surface area contributed by atoms with Gasteiger partial charge in [-0.3, -0.25) is 4.79 Å². The third-order valence-electron chi connectivity index (χ3n) is 10.3.